The lowest BCUT2D eigenvalue weighted by Crippen LogP contribution is -2.25. The van der Waals surface area contributed by atoms with Crippen LogP contribution >= 0.6 is 23.4 Å². The number of benzene rings is 3. The molecular weight excluding hydrogens is 392 g/mol. The number of hydrogen-bond donors (Lipinski definition) is 1. The van der Waals surface area contributed by atoms with Crippen molar-refractivity contribution < 1.29 is 4.79 Å². The maximum absolute atomic E-state index is 13.0. The molecule has 0 aliphatic rings. The summed E-state index contributed by atoms with van der Waals surface area (Å²) in [5.41, 5.74) is 4.64. The Morgan fingerprint density at radius 2 is 1.75 bits per heavy atom. The molecular formula is C21H17ClN4OS. The summed E-state index contributed by atoms with van der Waals surface area (Å²) in [5.74, 6) is 1.11. The number of fused-ring (bicyclic) bond motifs is 1. The molecule has 0 unspecified atom stereocenters. The van der Waals surface area contributed by atoms with Crippen molar-refractivity contribution in [2.45, 2.75) is 17.8 Å². The Kier molecular flexibility index (Phi) is 5.32. The lowest BCUT2D eigenvalue weighted by atomic mass is 10.0. The van der Waals surface area contributed by atoms with Crippen LogP contribution in [0.15, 0.2) is 71.9 Å². The number of aryl methyl sites for hydroxylation is 1. The van der Waals surface area contributed by atoms with E-state index in [0.717, 1.165) is 16.5 Å². The van der Waals surface area contributed by atoms with E-state index >= 15 is 0 Å². The number of carbonyl (C=O) groups excluding carboxylic acids is 1. The predicted octanol–water partition coefficient (Wildman–Crippen LogP) is 5.07. The van der Waals surface area contributed by atoms with Crippen LogP contribution in [-0.2, 0) is 5.75 Å². The molecule has 0 radical (unpaired) electrons. The second-order valence-corrected chi connectivity index (χ2v) is 7.57. The Balaban J connectivity index is 1.59. The minimum absolute atomic E-state index is 0.239. The molecule has 1 aromatic heterocycles. The molecule has 0 atom stereocenters. The summed E-state index contributed by atoms with van der Waals surface area (Å²) in [4.78, 5) is 13.0. The zero-order valence-electron chi connectivity index (χ0n) is 15.1. The van der Waals surface area contributed by atoms with Gasteiger partial charge >= 0.3 is 0 Å². The first kappa shape index (κ1) is 18.5. The van der Waals surface area contributed by atoms with Crippen LogP contribution in [0.5, 0.6) is 0 Å². The van der Waals surface area contributed by atoms with Gasteiger partial charge in [-0.15, -0.1) is 10.2 Å². The first-order chi connectivity index (χ1) is 13.6. The van der Waals surface area contributed by atoms with Gasteiger partial charge in [-0.2, -0.15) is 0 Å². The van der Waals surface area contributed by atoms with Crippen LogP contribution in [0, 0.1) is 6.92 Å². The summed E-state index contributed by atoms with van der Waals surface area (Å²) in [6.07, 6.45) is 0. The smallest absolute Gasteiger partial charge is 0.267 e. The topological polar surface area (TPSA) is 59.8 Å². The number of carbonyl (C=O) groups is 1. The number of amides is 1. The molecule has 3 aromatic carbocycles. The highest BCUT2D eigenvalue weighted by Crippen LogP contribution is 2.26. The quantitative estimate of drug-likeness (QED) is 0.468. The molecule has 28 heavy (non-hydrogen) atoms. The van der Waals surface area contributed by atoms with Crippen LogP contribution < -0.4 is 5.43 Å². The minimum Gasteiger partial charge on any atom is -0.267 e. The summed E-state index contributed by atoms with van der Waals surface area (Å²) in [7, 11) is 0. The van der Waals surface area contributed by atoms with Crippen molar-refractivity contribution in [2.75, 3.05) is 5.43 Å². The maximum atomic E-state index is 13.0. The van der Waals surface area contributed by atoms with E-state index in [1.165, 1.54) is 17.3 Å². The van der Waals surface area contributed by atoms with Gasteiger partial charge in [0.1, 0.15) is 5.82 Å². The van der Waals surface area contributed by atoms with E-state index in [1.54, 1.807) is 17.7 Å². The Bertz CT molecular complexity index is 1140. The zero-order valence-corrected chi connectivity index (χ0v) is 16.7. The first-order valence-corrected chi connectivity index (χ1v) is 10.1. The van der Waals surface area contributed by atoms with Crippen molar-refractivity contribution in [1.29, 1.82) is 0 Å². The number of aromatic nitrogens is 3. The van der Waals surface area contributed by atoms with Gasteiger partial charge in [0.05, 0.1) is 0 Å². The second kappa shape index (κ2) is 8.04. The van der Waals surface area contributed by atoms with Gasteiger partial charge in [-0.25, -0.2) is 4.68 Å². The monoisotopic (exact) mass is 408 g/mol. The van der Waals surface area contributed by atoms with Crippen LogP contribution in [0.4, 0.5) is 0 Å². The van der Waals surface area contributed by atoms with E-state index in [2.05, 4.69) is 27.8 Å². The molecule has 0 aliphatic heterocycles. The molecule has 5 nitrogen and oxygen atoms in total. The van der Waals surface area contributed by atoms with E-state index in [1.807, 2.05) is 48.5 Å². The minimum atomic E-state index is -0.239. The predicted molar refractivity (Wildman–Crippen MR) is 113 cm³/mol. The second-order valence-electron chi connectivity index (χ2n) is 6.22. The highest BCUT2D eigenvalue weighted by atomic mass is 35.5. The summed E-state index contributed by atoms with van der Waals surface area (Å²) in [5, 5.41) is 11.2. The van der Waals surface area contributed by atoms with Gasteiger partial charge in [0, 0.05) is 21.7 Å². The third-order valence-corrected chi connectivity index (χ3v) is 5.66. The van der Waals surface area contributed by atoms with E-state index in [4.69, 9.17) is 11.6 Å². The molecule has 0 fully saturated rings. The normalized spacial score (nSPS) is 10.9. The average Bonchev–Trinajstić information content (AvgIpc) is 3.06. The van der Waals surface area contributed by atoms with Gasteiger partial charge in [-0.05, 0) is 30.0 Å². The van der Waals surface area contributed by atoms with Crippen molar-refractivity contribution in [3.8, 4) is 0 Å². The largest absolute Gasteiger partial charge is 0.270 e. The van der Waals surface area contributed by atoms with Crippen LogP contribution in [0.25, 0.3) is 10.8 Å². The molecule has 1 amide bonds. The Hall–Kier alpha value is -2.83. The average molecular weight is 409 g/mol. The van der Waals surface area contributed by atoms with Gasteiger partial charge < -0.3 is 0 Å². The maximum Gasteiger partial charge on any atom is 0.270 e. The first-order valence-electron chi connectivity index (χ1n) is 8.71. The molecule has 4 rings (SSSR count). The van der Waals surface area contributed by atoms with E-state index in [9.17, 15) is 4.79 Å². The molecule has 7 heteroatoms. The number of nitrogens with zero attached hydrogens (tertiary/aromatic N) is 3. The van der Waals surface area contributed by atoms with Gasteiger partial charge in [0.25, 0.3) is 5.91 Å². The number of nitrogens with one attached hydrogen (secondary N) is 1. The number of thioether (sulfide) groups is 1. The summed E-state index contributed by atoms with van der Waals surface area (Å²) < 4.78 is 1.62. The van der Waals surface area contributed by atoms with Crippen molar-refractivity contribution in [3.63, 3.8) is 0 Å². The van der Waals surface area contributed by atoms with Crippen LogP contribution in [0.3, 0.4) is 0 Å². The van der Waals surface area contributed by atoms with Gasteiger partial charge in [0.15, 0.2) is 0 Å². The van der Waals surface area contributed by atoms with E-state index in [0.29, 0.717) is 21.6 Å². The van der Waals surface area contributed by atoms with Crippen molar-refractivity contribution >= 4 is 40.0 Å². The Labute approximate surface area is 171 Å². The molecule has 1 N–H and O–H groups in total. The fraction of sp³-hybridized carbons (Fsp3) is 0.0952. The molecule has 4 aromatic rings. The SMILES string of the molecule is Cc1nnc(SCc2ccccc2)n1NC(=O)c1cccc2c(Cl)cccc12. The summed E-state index contributed by atoms with van der Waals surface area (Å²) in [6.45, 7) is 1.81. The molecule has 1 heterocycles. The van der Waals surface area contributed by atoms with Crippen molar-refractivity contribution in [3.05, 3.63) is 88.7 Å². The fourth-order valence-corrected chi connectivity index (χ4v) is 4.05. The highest BCUT2D eigenvalue weighted by Gasteiger charge is 2.16. The summed E-state index contributed by atoms with van der Waals surface area (Å²) >= 11 is 7.78. The number of rotatable bonds is 5. The van der Waals surface area contributed by atoms with E-state index < -0.39 is 0 Å². The summed E-state index contributed by atoms with van der Waals surface area (Å²) in [6, 6.07) is 21.1. The van der Waals surface area contributed by atoms with Gasteiger partial charge in [0.2, 0.25) is 5.16 Å². The number of hydrogen-bond acceptors (Lipinski definition) is 4. The van der Waals surface area contributed by atoms with Crippen LogP contribution in [0.1, 0.15) is 21.7 Å². The Morgan fingerprint density at radius 3 is 2.57 bits per heavy atom. The van der Waals surface area contributed by atoms with Crippen LogP contribution in [-0.4, -0.2) is 20.8 Å². The van der Waals surface area contributed by atoms with Crippen molar-refractivity contribution in [1.82, 2.24) is 14.9 Å². The van der Waals surface area contributed by atoms with Gasteiger partial charge in [-0.3, -0.25) is 10.2 Å². The molecule has 0 spiro atoms. The Morgan fingerprint density at radius 1 is 1.00 bits per heavy atom. The van der Waals surface area contributed by atoms with Gasteiger partial charge in [-0.1, -0.05) is 78.0 Å². The molecule has 0 aliphatic carbocycles. The molecule has 0 bridgehead atoms. The fourth-order valence-electron chi connectivity index (χ4n) is 2.92. The zero-order chi connectivity index (χ0) is 19.5. The van der Waals surface area contributed by atoms with Crippen molar-refractivity contribution in [2.24, 2.45) is 0 Å². The van der Waals surface area contributed by atoms with Crippen LogP contribution in [0.2, 0.25) is 5.02 Å². The lowest BCUT2D eigenvalue weighted by Gasteiger charge is -2.12. The van der Waals surface area contributed by atoms with E-state index in [-0.39, 0.29) is 5.91 Å². The molecule has 0 saturated heterocycles. The molecule has 0 saturated carbocycles. The molecule has 140 valence electrons. The third-order valence-electron chi connectivity index (χ3n) is 4.33. The highest BCUT2D eigenvalue weighted by molar-refractivity contribution is 7.98. The third kappa shape index (κ3) is 3.74. The standard InChI is InChI=1S/C21H17ClN4OS/c1-14-23-24-21(28-13-15-7-3-2-4-8-15)26(14)25-20(27)18-11-5-10-17-16(18)9-6-12-19(17)22/h2-12H,13H2,1H3,(H,25,27). The number of halogens is 1. The lowest BCUT2D eigenvalue weighted by molar-refractivity contribution is 0.101.